The zero-order valence-electron chi connectivity index (χ0n) is 13.5. The second kappa shape index (κ2) is 7.27. The molecule has 0 spiro atoms. The maximum atomic E-state index is 12.9. The smallest absolute Gasteiger partial charge is 0.263 e. The molecule has 0 radical (unpaired) electrons. The Morgan fingerprint density at radius 2 is 1.96 bits per heavy atom. The van der Waals surface area contributed by atoms with Crippen LogP contribution >= 0.6 is 0 Å². The number of benzene rings is 1. The van der Waals surface area contributed by atoms with Crippen LogP contribution in [0.2, 0.25) is 0 Å². The molecule has 1 amide bonds. The fraction of sp³-hybridized carbons (Fsp3) is 0.588. The van der Waals surface area contributed by atoms with Gasteiger partial charge in [0.05, 0.1) is 0 Å². The second-order valence-corrected chi connectivity index (χ2v) is 6.23. The Bertz CT molecular complexity index is 531. The van der Waals surface area contributed by atoms with Crippen molar-refractivity contribution in [1.82, 2.24) is 15.1 Å². The van der Waals surface area contributed by atoms with Crippen LogP contribution in [-0.4, -0.2) is 67.1 Å². The number of carbonyl (C=O) groups is 1. The Labute approximate surface area is 136 Å². The standard InChI is InChI=1S/C17H24FN3O2/c1-13(23-16-4-2-14(18)3-5-16)17(22)21-9-6-15(12-21)20-10-7-19-8-11-20/h2-5,13,15,19H,6-12H2,1H3. The zero-order valence-corrected chi connectivity index (χ0v) is 13.5. The number of hydrogen-bond acceptors (Lipinski definition) is 4. The summed E-state index contributed by atoms with van der Waals surface area (Å²) in [6.45, 7) is 7.45. The molecule has 5 nitrogen and oxygen atoms in total. The van der Waals surface area contributed by atoms with Crippen molar-refractivity contribution < 1.29 is 13.9 Å². The van der Waals surface area contributed by atoms with Gasteiger partial charge in [-0.05, 0) is 37.6 Å². The number of hydrogen-bond donors (Lipinski definition) is 1. The minimum absolute atomic E-state index is 0.00644. The highest BCUT2D eigenvalue weighted by Crippen LogP contribution is 2.19. The van der Waals surface area contributed by atoms with Crippen molar-refractivity contribution in [3.8, 4) is 5.75 Å². The predicted molar refractivity (Wildman–Crippen MR) is 85.9 cm³/mol. The van der Waals surface area contributed by atoms with Gasteiger partial charge in [0.25, 0.3) is 5.91 Å². The summed E-state index contributed by atoms with van der Waals surface area (Å²) in [5.74, 6) is 0.215. The number of carbonyl (C=O) groups excluding carboxylic acids is 1. The molecule has 23 heavy (non-hydrogen) atoms. The Balaban J connectivity index is 1.52. The predicted octanol–water partition coefficient (Wildman–Crippen LogP) is 1.10. The van der Waals surface area contributed by atoms with Crippen molar-refractivity contribution in [2.24, 2.45) is 0 Å². The van der Waals surface area contributed by atoms with Gasteiger partial charge in [-0.2, -0.15) is 0 Å². The lowest BCUT2D eigenvalue weighted by Gasteiger charge is -2.32. The third-order valence-corrected chi connectivity index (χ3v) is 4.62. The van der Waals surface area contributed by atoms with Gasteiger partial charge in [-0.15, -0.1) is 0 Å². The number of piperazine rings is 1. The maximum absolute atomic E-state index is 12.9. The van der Waals surface area contributed by atoms with Gasteiger partial charge < -0.3 is 15.0 Å². The average Bonchev–Trinajstić information content (AvgIpc) is 3.07. The van der Waals surface area contributed by atoms with Gasteiger partial charge in [0.1, 0.15) is 11.6 Å². The molecule has 0 saturated carbocycles. The topological polar surface area (TPSA) is 44.8 Å². The van der Waals surface area contributed by atoms with E-state index in [0.717, 1.165) is 45.7 Å². The minimum Gasteiger partial charge on any atom is -0.481 e. The van der Waals surface area contributed by atoms with Crippen molar-refractivity contribution in [2.45, 2.75) is 25.5 Å². The lowest BCUT2D eigenvalue weighted by molar-refractivity contribution is -0.137. The number of likely N-dealkylation sites (tertiary alicyclic amines) is 1. The molecule has 2 saturated heterocycles. The third-order valence-electron chi connectivity index (χ3n) is 4.62. The van der Waals surface area contributed by atoms with Gasteiger partial charge >= 0.3 is 0 Å². The molecular formula is C17H24FN3O2. The van der Waals surface area contributed by atoms with Crippen LogP contribution in [0.3, 0.4) is 0 Å². The molecule has 0 aromatic heterocycles. The van der Waals surface area contributed by atoms with E-state index in [1.54, 1.807) is 19.1 Å². The summed E-state index contributed by atoms with van der Waals surface area (Å²) in [4.78, 5) is 16.9. The van der Waals surface area contributed by atoms with Gasteiger partial charge in [0, 0.05) is 45.3 Å². The van der Waals surface area contributed by atoms with Crippen LogP contribution in [0.25, 0.3) is 0 Å². The van der Waals surface area contributed by atoms with Crippen LogP contribution in [0.1, 0.15) is 13.3 Å². The summed E-state index contributed by atoms with van der Waals surface area (Å²) in [6.07, 6.45) is 0.469. The molecule has 2 aliphatic heterocycles. The van der Waals surface area contributed by atoms with Gasteiger partial charge in [0.15, 0.2) is 6.10 Å². The summed E-state index contributed by atoms with van der Waals surface area (Å²) in [5, 5.41) is 3.35. The molecular weight excluding hydrogens is 297 g/mol. The van der Waals surface area contributed by atoms with Crippen molar-refractivity contribution in [3.05, 3.63) is 30.1 Å². The summed E-state index contributed by atoms with van der Waals surface area (Å²) < 4.78 is 18.6. The lowest BCUT2D eigenvalue weighted by Crippen LogP contribution is -2.50. The van der Waals surface area contributed by atoms with Crippen LogP contribution in [0.15, 0.2) is 24.3 Å². The number of rotatable bonds is 4. The van der Waals surface area contributed by atoms with E-state index in [4.69, 9.17) is 4.74 Å². The monoisotopic (exact) mass is 321 g/mol. The van der Waals surface area contributed by atoms with Crippen LogP contribution in [0, 0.1) is 5.82 Å². The molecule has 1 aromatic carbocycles. The SMILES string of the molecule is CC(Oc1ccc(F)cc1)C(=O)N1CCC(N2CCNCC2)C1. The van der Waals surface area contributed by atoms with E-state index in [2.05, 4.69) is 10.2 Å². The molecule has 2 atom stereocenters. The Morgan fingerprint density at radius 3 is 2.65 bits per heavy atom. The summed E-state index contributed by atoms with van der Waals surface area (Å²) in [7, 11) is 0. The first-order valence-corrected chi connectivity index (χ1v) is 8.29. The van der Waals surface area contributed by atoms with Gasteiger partial charge in [0.2, 0.25) is 0 Å². The Kier molecular flexibility index (Phi) is 5.13. The molecule has 2 unspecified atom stereocenters. The molecule has 2 heterocycles. The Morgan fingerprint density at radius 1 is 1.26 bits per heavy atom. The quantitative estimate of drug-likeness (QED) is 0.902. The van der Waals surface area contributed by atoms with Crippen LogP contribution < -0.4 is 10.1 Å². The highest BCUT2D eigenvalue weighted by atomic mass is 19.1. The number of amides is 1. The highest BCUT2D eigenvalue weighted by Gasteiger charge is 2.33. The third kappa shape index (κ3) is 4.00. The van der Waals surface area contributed by atoms with Crippen LogP contribution in [-0.2, 0) is 4.79 Å². The number of ether oxygens (including phenoxy) is 1. The molecule has 6 heteroatoms. The number of nitrogens with one attached hydrogen (secondary N) is 1. The molecule has 126 valence electrons. The van der Waals surface area contributed by atoms with Crippen molar-refractivity contribution >= 4 is 5.91 Å². The molecule has 2 aliphatic rings. The Hall–Kier alpha value is -1.66. The first-order valence-electron chi connectivity index (χ1n) is 8.29. The summed E-state index contributed by atoms with van der Waals surface area (Å²) in [5.41, 5.74) is 0. The van der Waals surface area contributed by atoms with Crippen molar-refractivity contribution in [2.75, 3.05) is 39.3 Å². The maximum Gasteiger partial charge on any atom is 0.263 e. The fourth-order valence-corrected chi connectivity index (χ4v) is 3.31. The highest BCUT2D eigenvalue weighted by molar-refractivity contribution is 5.81. The normalized spacial score (nSPS) is 23.7. The van der Waals surface area contributed by atoms with E-state index in [1.165, 1.54) is 12.1 Å². The van der Waals surface area contributed by atoms with Gasteiger partial charge in [-0.25, -0.2) is 4.39 Å². The molecule has 1 N–H and O–H groups in total. The van der Waals surface area contributed by atoms with E-state index in [-0.39, 0.29) is 11.7 Å². The second-order valence-electron chi connectivity index (χ2n) is 6.23. The van der Waals surface area contributed by atoms with Crippen molar-refractivity contribution in [1.29, 1.82) is 0 Å². The minimum atomic E-state index is -0.553. The molecule has 3 rings (SSSR count). The van der Waals surface area contributed by atoms with E-state index in [0.29, 0.717) is 11.8 Å². The number of nitrogens with zero attached hydrogens (tertiary/aromatic N) is 2. The molecule has 0 aliphatic carbocycles. The lowest BCUT2D eigenvalue weighted by atomic mass is 10.2. The first-order chi connectivity index (χ1) is 11.1. The summed E-state index contributed by atoms with van der Waals surface area (Å²) >= 11 is 0. The van der Waals surface area contributed by atoms with E-state index < -0.39 is 6.10 Å². The van der Waals surface area contributed by atoms with Crippen LogP contribution in [0.5, 0.6) is 5.75 Å². The van der Waals surface area contributed by atoms with Crippen molar-refractivity contribution in [3.63, 3.8) is 0 Å². The van der Waals surface area contributed by atoms with Gasteiger partial charge in [-0.1, -0.05) is 0 Å². The largest absolute Gasteiger partial charge is 0.481 e. The zero-order chi connectivity index (χ0) is 16.2. The molecule has 2 fully saturated rings. The molecule has 0 bridgehead atoms. The van der Waals surface area contributed by atoms with E-state index in [1.807, 2.05) is 4.90 Å². The van der Waals surface area contributed by atoms with E-state index in [9.17, 15) is 9.18 Å². The first kappa shape index (κ1) is 16.2. The van der Waals surface area contributed by atoms with Crippen LogP contribution in [0.4, 0.5) is 4.39 Å². The summed E-state index contributed by atoms with van der Waals surface area (Å²) in [6, 6.07) is 6.23. The number of halogens is 1. The fourth-order valence-electron chi connectivity index (χ4n) is 3.31. The van der Waals surface area contributed by atoms with Gasteiger partial charge in [-0.3, -0.25) is 9.69 Å². The van der Waals surface area contributed by atoms with E-state index >= 15 is 0 Å². The average molecular weight is 321 g/mol. The molecule has 1 aromatic rings.